The number of likely N-dealkylation sites (tertiary alicyclic amines) is 1. The van der Waals surface area contributed by atoms with Gasteiger partial charge in [-0.15, -0.1) is 0 Å². The van der Waals surface area contributed by atoms with E-state index in [1.165, 1.54) is 11.1 Å². The van der Waals surface area contributed by atoms with Gasteiger partial charge in [0.25, 0.3) is 0 Å². The molecule has 37 heavy (non-hydrogen) atoms. The van der Waals surface area contributed by atoms with E-state index in [-0.39, 0.29) is 0 Å². The minimum absolute atomic E-state index is 0.379. The molecule has 1 aliphatic heterocycles. The average molecular weight is 542 g/mol. The largest absolute Gasteiger partial charge is 0.338 e. The van der Waals surface area contributed by atoms with E-state index in [0.717, 1.165) is 54.5 Å². The number of hydrogen-bond donors (Lipinski definition) is 2. The first-order valence-electron chi connectivity index (χ1n) is 12.9. The van der Waals surface area contributed by atoms with Crippen LogP contribution in [0.5, 0.6) is 0 Å². The number of aromatic nitrogens is 2. The number of nitrogens with zero attached hydrogens (tertiary/aromatic N) is 3. The molecule has 9 heteroatoms. The van der Waals surface area contributed by atoms with Crippen LogP contribution in [0.1, 0.15) is 36.0 Å². The summed E-state index contributed by atoms with van der Waals surface area (Å²) >= 11 is 6.42. The molecule has 1 aromatic heterocycles. The second-order valence-corrected chi connectivity index (χ2v) is 14.2. The first-order valence-corrected chi connectivity index (χ1v) is 15.9. The van der Waals surface area contributed by atoms with Crippen LogP contribution in [0.25, 0.3) is 0 Å². The van der Waals surface area contributed by atoms with Gasteiger partial charge in [-0.3, -0.25) is 4.90 Å². The Morgan fingerprint density at radius 3 is 2.57 bits per heavy atom. The molecule has 2 atom stereocenters. The standard InChI is InChI=1S/C28H34ClFN5OP/c1-18-4-11-25(26(14-18)37(2,3)36)33-27-24(29)16-31-28(34-27)32-22-8-5-19-6-9-23(10-7-20(19)15-22)35-13-12-21(30)17-35/h4-5,8,11,14-16,21,23H,6-7,9-10,12-13,17H2,1-3H3,(H2,31,32,33,34)/t21-,23+/m1/s1. The van der Waals surface area contributed by atoms with Crippen molar-refractivity contribution >= 4 is 47.2 Å². The molecule has 0 saturated carbocycles. The van der Waals surface area contributed by atoms with E-state index in [1.54, 1.807) is 19.5 Å². The maximum atomic E-state index is 13.7. The fraction of sp³-hybridized carbons (Fsp3) is 0.429. The van der Waals surface area contributed by atoms with Crippen molar-refractivity contribution < 1.29 is 8.96 Å². The summed E-state index contributed by atoms with van der Waals surface area (Å²) in [5.74, 6) is 0.876. The van der Waals surface area contributed by atoms with Gasteiger partial charge in [0.05, 0.1) is 11.9 Å². The van der Waals surface area contributed by atoms with Crippen LogP contribution in [0.4, 0.5) is 27.5 Å². The Labute approximate surface area is 223 Å². The monoisotopic (exact) mass is 541 g/mol. The Morgan fingerprint density at radius 1 is 1.05 bits per heavy atom. The van der Waals surface area contributed by atoms with E-state index in [9.17, 15) is 8.96 Å². The summed E-state index contributed by atoms with van der Waals surface area (Å²) in [6, 6.07) is 12.7. The summed E-state index contributed by atoms with van der Waals surface area (Å²) in [5, 5.41) is 7.73. The Morgan fingerprint density at radius 2 is 1.84 bits per heavy atom. The highest BCUT2D eigenvalue weighted by atomic mass is 35.5. The lowest BCUT2D eigenvalue weighted by Gasteiger charge is -2.25. The van der Waals surface area contributed by atoms with Crippen LogP contribution in [-0.4, -0.2) is 53.5 Å². The first-order chi connectivity index (χ1) is 17.7. The number of alkyl halides is 1. The Bertz CT molecular complexity index is 1350. The lowest BCUT2D eigenvalue weighted by molar-refractivity contribution is 0.204. The maximum absolute atomic E-state index is 13.7. The van der Waals surface area contributed by atoms with Crippen LogP contribution >= 0.6 is 18.7 Å². The molecule has 0 radical (unpaired) electrons. The van der Waals surface area contributed by atoms with Gasteiger partial charge in [-0.25, -0.2) is 9.37 Å². The molecule has 0 bridgehead atoms. The molecule has 5 rings (SSSR count). The lowest BCUT2D eigenvalue weighted by atomic mass is 10.0. The van der Waals surface area contributed by atoms with Crippen LogP contribution in [-0.2, 0) is 17.4 Å². The van der Waals surface area contributed by atoms with Gasteiger partial charge in [-0.05, 0) is 87.7 Å². The highest BCUT2D eigenvalue weighted by Crippen LogP contribution is 2.39. The van der Waals surface area contributed by atoms with Gasteiger partial charge < -0.3 is 15.2 Å². The molecule has 6 nitrogen and oxygen atoms in total. The number of halogens is 2. The zero-order valence-corrected chi connectivity index (χ0v) is 23.2. The van der Waals surface area contributed by atoms with E-state index < -0.39 is 13.3 Å². The molecular formula is C28H34ClFN5OP. The van der Waals surface area contributed by atoms with E-state index in [1.807, 2.05) is 25.1 Å². The second-order valence-electron chi connectivity index (χ2n) is 10.6. The molecule has 2 N–H and O–H groups in total. The number of fused-ring (bicyclic) bond motifs is 1. The molecule has 1 aliphatic carbocycles. The smallest absolute Gasteiger partial charge is 0.229 e. The van der Waals surface area contributed by atoms with Gasteiger partial charge in [0, 0.05) is 30.1 Å². The van der Waals surface area contributed by atoms with Gasteiger partial charge in [-0.1, -0.05) is 29.3 Å². The summed E-state index contributed by atoms with van der Waals surface area (Å²) < 4.78 is 26.6. The van der Waals surface area contributed by atoms with Gasteiger partial charge in [0.2, 0.25) is 5.95 Å². The van der Waals surface area contributed by atoms with Crippen molar-refractivity contribution in [2.45, 2.75) is 51.2 Å². The van der Waals surface area contributed by atoms with Gasteiger partial charge >= 0.3 is 0 Å². The number of hydrogen-bond acceptors (Lipinski definition) is 6. The van der Waals surface area contributed by atoms with Crippen LogP contribution in [0.2, 0.25) is 5.02 Å². The molecule has 3 aromatic rings. The Balaban J connectivity index is 1.32. The van der Waals surface area contributed by atoms with Crippen LogP contribution < -0.4 is 15.9 Å². The van der Waals surface area contributed by atoms with Crippen LogP contribution in [0.15, 0.2) is 42.6 Å². The van der Waals surface area contributed by atoms with Crippen LogP contribution in [0, 0.1) is 6.92 Å². The zero-order chi connectivity index (χ0) is 26.2. The topological polar surface area (TPSA) is 70.2 Å². The molecule has 0 amide bonds. The van der Waals surface area contributed by atoms with Crippen molar-refractivity contribution in [3.63, 3.8) is 0 Å². The van der Waals surface area contributed by atoms with E-state index >= 15 is 0 Å². The second kappa shape index (κ2) is 10.7. The fourth-order valence-corrected chi connectivity index (χ4v) is 6.74. The SMILES string of the molecule is Cc1ccc(Nc2nc(Nc3ccc4c(c3)CC[C@@H](N3CC[C@@H](F)C3)CC4)ncc2Cl)c(P(C)(C)=O)c1. The number of nitrogens with one attached hydrogen (secondary N) is 2. The number of anilines is 4. The minimum atomic E-state index is -2.52. The van der Waals surface area contributed by atoms with Crippen molar-refractivity contribution in [3.05, 3.63) is 64.3 Å². The van der Waals surface area contributed by atoms with Crippen LogP contribution in [0.3, 0.4) is 0 Å². The quantitative estimate of drug-likeness (QED) is 0.275. The highest BCUT2D eigenvalue weighted by molar-refractivity contribution is 7.70. The van der Waals surface area contributed by atoms with E-state index in [2.05, 4.69) is 43.7 Å². The predicted octanol–water partition coefficient (Wildman–Crippen LogP) is 6.46. The molecule has 0 unspecified atom stereocenters. The third-order valence-electron chi connectivity index (χ3n) is 7.37. The number of benzene rings is 2. The van der Waals surface area contributed by atoms with E-state index in [0.29, 0.717) is 35.8 Å². The van der Waals surface area contributed by atoms with Gasteiger partial charge in [-0.2, -0.15) is 4.98 Å². The Hall–Kier alpha value is -2.47. The summed E-state index contributed by atoms with van der Waals surface area (Å²) in [5.41, 5.74) is 5.36. The number of aryl methyl sites for hydroxylation is 3. The van der Waals surface area contributed by atoms with Crippen molar-refractivity contribution in [2.24, 2.45) is 0 Å². The molecule has 2 heterocycles. The summed E-state index contributed by atoms with van der Waals surface area (Å²) in [6.45, 7) is 6.94. The molecule has 0 spiro atoms. The lowest BCUT2D eigenvalue weighted by Crippen LogP contribution is -2.33. The molecular weight excluding hydrogens is 508 g/mol. The third kappa shape index (κ3) is 6.17. The van der Waals surface area contributed by atoms with Gasteiger partial charge in [0.15, 0.2) is 5.82 Å². The molecule has 2 aliphatic rings. The minimum Gasteiger partial charge on any atom is -0.338 e. The predicted molar refractivity (Wildman–Crippen MR) is 152 cm³/mol. The number of rotatable bonds is 6. The Kier molecular flexibility index (Phi) is 7.58. The summed E-state index contributed by atoms with van der Waals surface area (Å²) in [4.78, 5) is 11.3. The maximum Gasteiger partial charge on any atom is 0.229 e. The molecule has 1 fully saturated rings. The molecule has 1 saturated heterocycles. The first kappa shape index (κ1) is 26.1. The van der Waals surface area contributed by atoms with Gasteiger partial charge in [0.1, 0.15) is 18.3 Å². The van der Waals surface area contributed by atoms with Crippen molar-refractivity contribution in [1.82, 2.24) is 14.9 Å². The third-order valence-corrected chi connectivity index (χ3v) is 9.17. The fourth-order valence-electron chi connectivity index (χ4n) is 5.37. The normalized spacial score (nSPS) is 20.4. The van der Waals surface area contributed by atoms with Crippen molar-refractivity contribution in [2.75, 3.05) is 37.1 Å². The van der Waals surface area contributed by atoms with Crippen molar-refractivity contribution in [1.29, 1.82) is 0 Å². The van der Waals surface area contributed by atoms with E-state index in [4.69, 9.17) is 11.6 Å². The zero-order valence-electron chi connectivity index (χ0n) is 21.6. The molecule has 196 valence electrons. The summed E-state index contributed by atoms with van der Waals surface area (Å²) in [6.07, 6.45) is 5.66. The molecule has 2 aromatic carbocycles. The van der Waals surface area contributed by atoms with Crippen molar-refractivity contribution in [3.8, 4) is 0 Å². The average Bonchev–Trinajstić information content (AvgIpc) is 3.17. The summed E-state index contributed by atoms with van der Waals surface area (Å²) in [7, 11) is -2.52. The highest BCUT2D eigenvalue weighted by Gasteiger charge is 2.29.